The number of aromatic nitrogens is 2. The molecule has 3 nitrogen and oxygen atoms in total. The number of ether oxygens (including phenoxy) is 1. The highest BCUT2D eigenvalue weighted by Gasteiger charge is 2.26. The number of hydrogen-bond acceptors (Lipinski definition) is 3. The summed E-state index contributed by atoms with van der Waals surface area (Å²) in [6, 6.07) is 9.86. The molecule has 0 spiro atoms. The fourth-order valence-corrected chi connectivity index (χ4v) is 2.14. The molecule has 1 aromatic carbocycles. The Morgan fingerprint density at radius 3 is 2.50 bits per heavy atom. The van der Waals surface area contributed by atoms with Crippen molar-refractivity contribution in [1.29, 1.82) is 0 Å². The number of halogens is 1. The molecule has 4 heteroatoms. The van der Waals surface area contributed by atoms with Crippen molar-refractivity contribution in [2.75, 3.05) is 7.11 Å². The van der Waals surface area contributed by atoms with Crippen LogP contribution < -0.4 is 4.74 Å². The summed E-state index contributed by atoms with van der Waals surface area (Å²) < 4.78 is 5.15. The van der Waals surface area contributed by atoms with Crippen LogP contribution in [0.2, 0.25) is 5.15 Å². The van der Waals surface area contributed by atoms with Gasteiger partial charge in [0.25, 0.3) is 0 Å². The van der Waals surface area contributed by atoms with Crippen LogP contribution in [0.5, 0.6) is 5.75 Å². The zero-order chi connectivity index (χ0) is 12.5. The minimum atomic E-state index is 0.449. The average Bonchev–Trinajstić information content (AvgIpc) is 3.24. The Morgan fingerprint density at radius 1 is 1.17 bits per heavy atom. The van der Waals surface area contributed by atoms with E-state index in [1.54, 1.807) is 7.11 Å². The Bertz CT molecular complexity index is 565. The molecule has 1 fully saturated rings. The standard InChI is InChI=1S/C14H13ClN2O/c1-18-11-6-4-9(5-7-11)12-8-13(10-2-3-10)16-17-14(12)15/h4-8,10H,2-3H2,1H3. The third kappa shape index (κ3) is 2.18. The number of rotatable bonds is 3. The summed E-state index contributed by atoms with van der Waals surface area (Å²) in [7, 11) is 1.65. The SMILES string of the molecule is COc1ccc(-c2cc(C3CC3)nnc2Cl)cc1. The molecule has 0 N–H and O–H groups in total. The fourth-order valence-electron chi connectivity index (χ4n) is 1.94. The van der Waals surface area contributed by atoms with Crippen LogP contribution in [-0.4, -0.2) is 17.3 Å². The van der Waals surface area contributed by atoms with Gasteiger partial charge in [0.15, 0.2) is 5.15 Å². The van der Waals surface area contributed by atoms with E-state index in [1.807, 2.05) is 24.3 Å². The van der Waals surface area contributed by atoms with Crippen molar-refractivity contribution in [3.63, 3.8) is 0 Å². The van der Waals surface area contributed by atoms with Gasteiger partial charge in [-0.1, -0.05) is 23.7 Å². The van der Waals surface area contributed by atoms with Crippen molar-refractivity contribution in [3.8, 4) is 16.9 Å². The maximum Gasteiger partial charge on any atom is 0.159 e. The van der Waals surface area contributed by atoms with Crippen LogP contribution in [0.15, 0.2) is 30.3 Å². The minimum absolute atomic E-state index is 0.449. The van der Waals surface area contributed by atoms with E-state index in [9.17, 15) is 0 Å². The van der Waals surface area contributed by atoms with Crippen molar-refractivity contribution < 1.29 is 4.74 Å². The highest BCUT2D eigenvalue weighted by atomic mass is 35.5. The lowest BCUT2D eigenvalue weighted by Gasteiger charge is -2.06. The molecular formula is C14H13ClN2O. The third-order valence-corrected chi connectivity index (χ3v) is 3.44. The van der Waals surface area contributed by atoms with E-state index < -0.39 is 0 Å². The summed E-state index contributed by atoms with van der Waals surface area (Å²) in [5.41, 5.74) is 3.03. The molecule has 3 rings (SSSR count). The van der Waals surface area contributed by atoms with Gasteiger partial charge in [-0.2, -0.15) is 5.10 Å². The monoisotopic (exact) mass is 260 g/mol. The predicted molar refractivity (Wildman–Crippen MR) is 71.0 cm³/mol. The van der Waals surface area contributed by atoms with Crippen molar-refractivity contribution >= 4 is 11.6 Å². The Kier molecular flexibility index (Phi) is 2.92. The quantitative estimate of drug-likeness (QED) is 0.844. The molecular weight excluding hydrogens is 248 g/mol. The van der Waals surface area contributed by atoms with E-state index in [1.165, 1.54) is 12.8 Å². The first kappa shape index (κ1) is 11.5. The Labute approximate surface area is 111 Å². The van der Waals surface area contributed by atoms with Crippen LogP contribution in [0, 0.1) is 0 Å². The molecule has 1 saturated carbocycles. The smallest absolute Gasteiger partial charge is 0.159 e. The highest BCUT2D eigenvalue weighted by Crippen LogP contribution is 2.40. The van der Waals surface area contributed by atoms with Gasteiger partial charge in [-0.25, -0.2) is 0 Å². The lowest BCUT2D eigenvalue weighted by molar-refractivity contribution is 0.415. The van der Waals surface area contributed by atoms with E-state index in [4.69, 9.17) is 16.3 Å². The van der Waals surface area contributed by atoms with Gasteiger partial charge >= 0.3 is 0 Å². The van der Waals surface area contributed by atoms with Gasteiger partial charge in [-0.05, 0) is 36.6 Å². The molecule has 0 unspecified atom stereocenters. The van der Waals surface area contributed by atoms with E-state index in [-0.39, 0.29) is 0 Å². The number of methoxy groups -OCH3 is 1. The van der Waals surface area contributed by atoms with Gasteiger partial charge in [-0.15, -0.1) is 5.10 Å². The van der Waals surface area contributed by atoms with Crippen LogP contribution >= 0.6 is 11.6 Å². The molecule has 0 radical (unpaired) electrons. The number of benzene rings is 1. The van der Waals surface area contributed by atoms with Crippen molar-refractivity contribution in [2.24, 2.45) is 0 Å². The lowest BCUT2D eigenvalue weighted by atomic mass is 10.1. The normalized spacial score (nSPS) is 14.6. The second-order valence-electron chi connectivity index (χ2n) is 4.48. The van der Waals surface area contributed by atoms with Crippen molar-refractivity contribution in [1.82, 2.24) is 10.2 Å². The molecule has 92 valence electrons. The van der Waals surface area contributed by atoms with Gasteiger partial charge < -0.3 is 4.74 Å². The zero-order valence-electron chi connectivity index (χ0n) is 10.1. The van der Waals surface area contributed by atoms with Gasteiger partial charge in [0.05, 0.1) is 12.8 Å². The van der Waals surface area contributed by atoms with Crippen LogP contribution in [0.1, 0.15) is 24.5 Å². The highest BCUT2D eigenvalue weighted by molar-refractivity contribution is 6.32. The third-order valence-electron chi connectivity index (χ3n) is 3.16. The summed E-state index contributed by atoms with van der Waals surface area (Å²) in [5, 5.41) is 8.65. The second kappa shape index (κ2) is 4.58. The van der Waals surface area contributed by atoms with Crippen LogP contribution in [0.4, 0.5) is 0 Å². The molecule has 2 aromatic rings. The second-order valence-corrected chi connectivity index (χ2v) is 4.83. The molecule has 0 saturated heterocycles. The molecule has 1 aromatic heterocycles. The summed E-state index contributed by atoms with van der Waals surface area (Å²) >= 11 is 6.12. The van der Waals surface area contributed by atoms with E-state index >= 15 is 0 Å². The van der Waals surface area contributed by atoms with Crippen LogP contribution in [0.3, 0.4) is 0 Å². The molecule has 18 heavy (non-hydrogen) atoms. The molecule has 0 amide bonds. The van der Waals surface area contributed by atoms with Gasteiger partial charge in [0, 0.05) is 11.5 Å². The average molecular weight is 261 g/mol. The van der Waals surface area contributed by atoms with Crippen molar-refractivity contribution in [3.05, 3.63) is 41.2 Å². The van der Waals surface area contributed by atoms with Gasteiger partial charge in [0.2, 0.25) is 0 Å². The Morgan fingerprint density at radius 2 is 1.89 bits per heavy atom. The molecule has 1 aliphatic carbocycles. The Balaban J connectivity index is 2.00. The maximum atomic E-state index is 6.12. The molecule has 0 bridgehead atoms. The summed E-state index contributed by atoms with van der Waals surface area (Å²) in [5.74, 6) is 1.41. The number of hydrogen-bond donors (Lipinski definition) is 0. The summed E-state index contributed by atoms with van der Waals surface area (Å²) in [6.45, 7) is 0. The molecule has 1 aliphatic rings. The zero-order valence-corrected chi connectivity index (χ0v) is 10.8. The Hall–Kier alpha value is -1.61. The minimum Gasteiger partial charge on any atom is -0.497 e. The van der Waals surface area contributed by atoms with Gasteiger partial charge in [-0.3, -0.25) is 0 Å². The number of nitrogens with zero attached hydrogens (tertiary/aromatic N) is 2. The lowest BCUT2D eigenvalue weighted by Crippen LogP contribution is -1.93. The first-order valence-corrected chi connectivity index (χ1v) is 6.33. The maximum absolute atomic E-state index is 6.12. The molecule has 0 aliphatic heterocycles. The molecule has 0 atom stereocenters. The molecule has 1 heterocycles. The van der Waals surface area contributed by atoms with E-state index in [2.05, 4.69) is 16.3 Å². The topological polar surface area (TPSA) is 35.0 Å². The first-order valence-electron chi connectivity index (χ1n) is 5.95. The summed E-state index contributed by atoms with van der Waals surface area (Å²) in [6.07, 6.45) is 2.41. The largest absolute Gasteiger partial charge is 0.497 e. The van der Waals surface area contributed by atoms with Crippen LogP contribution in [0.25, 0.3) is 11.1 Å². The van der Waals surface area contributed by atoms with E-state index in [0.717, 1.165) is 22.6 Å². The fraction of sp³-hybridized carbons (Fsp3) is 0.286. The summed E-state index contributed by atoms with van der Waals surface area (Å²) in [4.78, 5) is 0. The van der Waals surface area contributed by atoms with E-state index in [0.29, 0.717) is 11.1 Å². The van der Waals surface area contributed by atoms with Gasteiger partial charge in [0.1, 0.15) is 5.75 Å². The predicted octanol–water partition coefficient (Wildman–Crippen LogP) is 3.68. The van der Waals surface area contributed by atoms with Crippen LogP contribution in [-0.2, 0) is 0 Å². The van der Waals surface area contributed by atoms with Crippen molar-refractivity contribution in [2.45, 2.75) is 18.8 Å². The first-order chi connectivity index (χ1) is 8.78.